The summed E-state index contributed by atoms with van der Waals surface area (Å²) in [4.78, 5) is 42.9. The highest BCUT2D eigenvalue weighted by Gasteiger charge is 2.60. The summed E-state index contributed by atoms with van der Waals surface area (Å²) in [6.45, 7) is 8.82. The van der Waals surface area contributed by atoms with Crippen LogP contribution >= 0.6 is 0 Å². The van der Waals surface area contributed by atoms with Crippen molar-refractivity contribution in [2.24, 2.45) is 11.3 Å². The molecule has 1 aliphatic rings. The molecule has 4 rings (SSSR count). The Morgan fingerprint density at radius 3 is 2.04 bits per heavy atom. The van der Waals surface area contributed by atoms with Gasteiger partial charge in [-0.3, -0.25) is 14.4 Å². The average Bonchev–Trinajstić information content (AvgIpc) is 3.25. The molecule has 3 atom stereocenters. The molecular formula is C37H43FN2O6. The van der Waals surface area contributed by atoms with Crippen LogP contribution in [-0.2, 0) is 19.1 Å². The Morgan fingerprint density at radius 2 is 1.48 bits per heavy atom. The molecule has 0 fully saturated rings. The summed E-state index contributed by atoms with van der Waals surface area (Å²) in [6.07, 6.45) is -2.60. The van der Waals surface area contributed by atoms with Crippen LogP contribution < -0.4 is 5.32 Å². The van der Waals surface area contributed by atoms with Gasteiger partial charge < -0.3 is 25.2 Å². The first-order valence-corrected chi connectivity index (χ1v) is 15.6. The molecule has 0 bridgehead atoms. The van der Waals surface area contributed by atoms with Gasteiger partial charge in [-0.05, 0) is 87.1 Å². The van der Waals surface area contributed by atoms with Crippen LogP contribution in [0.4, 0.5) is 10.1 Å². The van der Waals surface area contributed by atoms with Crippen LogP contribution in [-0.4, -0.2) is 57.3 Å². The molecule has 46 heavy (non-hydrogen) atoms. The minimum Gasteiger partial charge on any atom is -0.460 e. The molecule has 3 N–H and O–H groups in total. The molecule has 0 saturated heterocycles. The number of benzene rings is 3. The second-order valence-corrected chi connectivity index (χ2v) is 13.0. The summed E-state index contributed by atoms with van der Waals surface area (Å²) in [5.41, 5.74) is 0.250. The number of ether oxygens (including phenoxy) is 1. The average molecular weight is 631 g/mol. The van der Waals surface area contributed by atoms with E-state index in [0.717, 1.165) is 0 Å². The number of para-hydroxylation sites is 1. The summed E-state index contributed by atoms with van der Waals surface area (Å²) in [5, 5.41) is 24.4. The number of carbonyl (C=O) groups excluding carboxylic acids is 3. The van der Waals surface area contributed by atoms with E-state index >= 15 is 0 Å². The topological polar surface area (TPSA) is 116 Å². The lowest BCUT2D eigenvalue weighted by atomic mass is 9.68. The number of aliphatic hydroxyl groups is 2. The molecule has 0 aliphatic carbocycles. The van der Waals surface area contributed by atoms with Crippen molar-refractivity contribution in [2.45, 2.75) is 71.7 Å². The number of rotatable bonds is 12. The van der Waals surface area contributed by atoms with Gasteiger partial charge >= 0.3 is 5.97 Å². The van der Waals surface area contributed by atoms with Gasteiger partial charge in [-0.2, -0.15) is 0 Å². The largest absolute Gasteiger partial charge is 0.460 e. The molecule has 3 aromatic carbocycles. The number of hydrogen-bond acceptors (Lipinski definition) is 6. The third-order valence-electron chi connectivity index (χ3n) is 7.97. The number of esters is 1. The third-order valence-corrected chi connectivity index (χ3v) is 7.97. The van der Waals surface area contributed by atoms with Gasteiger partial charge in [0, 0.05) is 17.8 Å². The number of amides is 2. The minimum atomic E-state index is -1.68. The van der Waals surface area contributed by atoms with E-state index in [1.54, 1.807) is 57.2 Å². The van der Waals surface area contributed by atoms with Crippen LogP contribution in [0.5, 0.6) is 0 Å². The Kier molecular flexibility index (Phi) is 10.8. The van der Waals surface area contributed by atoms with Crippen molar-refractivity contribution in [3.05, 3.63) is 102 Å². The monoisotopic (exact) mass is 630 g/mol. The summed E-state index contributed by atoms with van der Waals surface area (Å²) < 4.78 is 19.4. The number of nitrogens with zero attached hydrogens (tertiary/aromatic N) is 1. The number of carbonyl (C=O) groups is 3. The number of anilines is 1. The van der Waals surface area contributed by atoms with Crippen molar-refractivity contribution < 1.29 is 33.7 Å². The Morgan fingerprint density at radius 1 is 0.891 bits per heavy atom. The predicted molar refractivity (Wildman–Crippen MR) is 175 cm³/mol. The van der Waals surface area contributed by atoms with Crippen LogP contribution in [0.2, 0.25) is 0 Å². The SMILES string of the molecule is CC(C)C1(C(=O)Nc2ccccc2)C(=O)N(CC[C@@H](O)C[C@@H](O)CC(=O)OC(C)(C)C)C(c2ccc(F)cc2)=C1c1ccccc1. The molecule has 2 amide bonds. The van der Waals surface area contributed by atoms with E-state index in [0.29, 0.717) is 28.1 Å². The van der Waals surface area contributed by atoms with Crippen molar-refractivity contribution in [2.75, 3.05) is 11.9 Å². The lowest BCUT2D eigenvalue weighted by molar-refractivity contribution is -0.157. The van der Waals surface area contributed by atoms with Gasteiger partial charge in [-0.25, -0.2) is 4.39 Å². The lowest BCUT2D eigenvalue weighted by Gasteiger charge is -2.34. The molecule has 0 saturated carbocycles. The molecule has 3 aromatic rings. The molecule has 9 heteroatoms. The molecule has 1 unspecified atom stereocenters. The van der Waals surface area contributed by atoms with E-state index in [1.165, 1.54) is 17.0 Å². The van der Waals surface area contributed by atoms with Crippen LogP contribution in [0, 0.1) is 17.2 Å². The fraction of sp³-hybridized carbons (Fsp3) is 0.378. The van der Waals surface area contributed by atoms with Gasteiger partial charge in [0.15, 0.2) is 5.41 Å². The fourth-order valence-corrected chi connectivity index (χ4v) is 5.96. The number of aliphatic hydroxyl groups excluding tert-OH is 2. The van der Waals surface area contributed by atoms with Gasteiger partial charge in [0.1, 0.15) is 11.4 Å². The Labute approximate surface area is 269 Å². The van der Waals surface area contributed by atoms with Crippen molar-refractivity contribution in [3.63, 3.8) is 0 Å². The highest BCUT2D eigenvalue weighted by atomic mass is 19.1. The summed E-state index contributed by atoms with van der Waals surface area (Å²) in [5.74, 6) is -2.53. The van der Waals surface area contributed by atoms with Crippen LogP contribution in [0.25, 0.3) is 11.3 Å². The van der Waals surface area contributed by atoms with E-state index in [-0.39, 0.29) is 25.8 Å². The standard InChI is InChI=1S/C37H43FN2O6/c1-24(2)37(34(44)39-28-14-10-7-11-15-28)32(25-12-8-6-9-13-25)33(26-16-18-27(38)19-17-26)40(35(37)45)21-20-29(41)22-30(42)23-31(43)46-36(3,4)5/h6-19,24,29-30,41-42H,20-23H2,1-5H3,(H,39,44)/t29-,30-,37?/m1/s1. The van der Waals surface area contributed by atoms with Gasteiger partial charge in [-0.15, -0.1) is 0 Å². The van der Waals surface area contributed by atoms with E-state index in [4.69, 9.17) is 4.74 Å². The summed E-state index contributed by atoms with van der Waals surface area (Å²) >= 11 is 0. The first kappa shape index (κ1) is 34.5. The maximum atomic E-state index is 14.8. The van der Waals surface area contributed by atoms with Crippen molar-refractivity contribution >= 4 is 34.7 Å². The molecule has 8 nitrogen and oxygen atoms in total. The summed E-state index contributed by atoms with van der Waals surface area (Å²) in [7, 11) is 0. The Balaban J connectivity index is 1.75. The Hall–Kier alpha value is -4.34. The number of halogens is 1. The highest BCUT2D eigenvalue weighted by molar-refractivity contribution is 6.28. The molecule has 0 radical (unpaired) electrons. The number of hydrogen-bond donors (Lipinski definition) is 3. The normalized spacial score (nSPS) is 18.1. The van der Waals surface area contributed by atoms with E-state index in [1.807, 2.05) is 50.2 Å². The maximum Gasteiger partial charge on any atom is 0.308 e. The second-order valence-electron chi connectivity index (χ2n) is 13.0. The minimum absolute atomic E-state index is 0.00467. The lowest BCUT2D eigenvalue weighted by Crippen LogP contribution is -2.49. The van der Waals surface area contributed by atoms with Gasteiger partial charge in [0.05, 0.1) is 24.3 Å². The maximum absolute atomic E-state index is 14.8. The summed E-state index contributed by atoms with van der Waals surface area (Å²) in [6, 6.07) is 23.8. The van der Waals surface area contributed by atoms with Crippen molar-refractivity contribution in [1.82, 2.24) is 4.90 Å². The van der Waals surface area contributed by atoms with E-state index in [9.17, 15) is 29.0 Å². The zero-order valence-corrected chi connectivity index (χ0v) is 27.0. The molecule has 1 heterocycles. The van der Waals surface area contributed by atoms with Gasteiger partial charge in [-0.1, -0.05) is 62.4 Å². The quantitative estimate of drug-likeness (QED) is 0.166. The highest BCUT2D eigenvalue weighted by Crippen LogP contribution is 2.54. The fourth-order valence-electron chi connectivity index (χ4n) is 5.96. The van der Waals surface area contributed by atoms with E-state index in [2.05, 4.69) is 5.32 Å². The second kappa shape index (κ2) is 14.4. The van der Waals surface area contributed by atoms with Crippen molar-refractivity contribution in [3.8, 4) is 0 Å². The van der Waals surface area contributed by atoms with Gasteiger partial charge in [0.25, 0.3) is 0 Å². The number of nitrogens with one attached hydrogen (secondary N) is 1. The first-order valence-electron chi connectivity index (χ1n) is 15.6. The first-order chi connectivity index (χ1) is 21.7. The Bertz CT molecular complexity index is 1550. The zero-order chi connectivity index (χ0) is 33.6. The van der Waals surface area contributed by atoms with Crippen molar-refractivity contribution in [1.29, 1.82) is 0 Å². The van der Waals surface area contributed by atoms with E-state index < -0.39 is 52.7 Å². The van der Waals surface area contributed by atoms with Crippen LogP contribution in [0.15, 0.2) is 84.9 Å². The van der Waals surface area contributed by atoms with Crippen LogP contribution in [0.1, 0.15) is 65.0 Å². The zero-order valence-electron chi connectivity index (χ0n) is 27.0. The third kappa shape index (κ3) is 7.71. The molecule has 244 valence electrons. The predicted octanol–water partition coefficient (Wildman–Crippen LogP) is 6.05. The molecule has 1 aliphatic heterocycles. The smallest absolute Gasteiger partial charge is 0.308 e. The molecule has 0 spiro atoms. The molecule has 0 aromatic heterocycles. The molecular weight excluding hydrogens is 587 g/mol. The van der Waals surface area contributed by atoms with Gasteiger partial charge in [0.2, 0.25) is 11.8 Å². The van der Waals surface area contributed by atoms with Crippen LogP contribution in [0.3, 0.4) is 0 Å².